The predicted molar refractivity (Wildman–Crippen MR) is 79.8 cm³/mol. The Morgan fingerprint density at radius 1 is 1.52 bits per heavy atom. The first-order valence-electron chi connectivity index (χ1n) is 7.62. The van der Waals surface area contributed by atoms with Gasteiger partial charge in [-0.25, -0.2) is 9.37 Å². The second-order valence-corrected chi connectivity index (χ2v) is 5.83. The first-order valence-corrected chi connectivity index (χ1v) is 7.62. The summed E-state index contributed by atoms with van der Waals surface area (Å²) in [6.07, 6.45) is 6.67. The Kier molecular flexibility index (Phi) is 5.73. The maximum atomic E-state index is 12.4. The first kappa shape index (κ1) is 15.9. The van der Waals surface area contributed by atoms with Gasteiger partial charge in [-0.15, -0.1) is 0 Å². The van der Waals surface area contributed by atoms with Crippen molar-refractivity contribution in [3.05, 3.63) is 18.2 Å². The van der Waals surface area contributed by atoms with Gasteiger partial charge in [0.05, 0.1) is 6.54 Å². The van der Waals surface area contributed by atoms with E-state index < -0.39 is 6.67 Å². The molecule has 1 saturated heterocycles. The summed E-state index contributed by atoms with van der Waals surface area (Å²) < 4.78 is 14.2. The van der Waals surface area contributed by atoms with Crippen molar-refractivity contribution in [2.75, 3.05) is 33.9 Å². The third-order valence-corrected chi connectivity index (χ3v) is 4.17. The van der Waals surface area contributed by atoms with Gasteiger partial charge in [0, 0.05) is 44.4 Å². The molecule has 1 aliphatic heterocycles. The molecule has 1 amide bonds. The van der Waals surface area contributed by atoms with E-state index in [0.717, 1.165) is 31.8 Å². The largest absolute Gasteiger partial charge is 0.341 e. The minimum absolute atomic E-state index is 0.177. The van der Waals surface area contributed by atoms with Gasteiger partial charge in [0.1, 0.15) is 12.5 Å². The normalized spacial score (nSPS) is 19.2. The van der Waals surface area contributed by atoms with Crippen LogP contribution in [0.1, 0.15) is 25.1 Å². The topological polar surface area (TPSA) is 41.4 Å². The summed E-state index contributed by atoms with van der Waals surface area (Å²) >= 11 is 0. The number of hydrogen-bond acceptors (Lipinski definition) is 3. The fraction of sp³-hybridized carbons (Fsp3) is 0.733. The first-order chi connectivity index (χ1) is 10.1. The number of alkyl halides is 1. The average Bonchev–Trinajstić information content (AvgIpc) is 2.92. The smallest absolute Gasteiger partial charge is 0.223 e. The van der Waals surface area contributed by atoms with Gasteiger partial charge < -0.3 is 14.4 Å². The molecule has 0 spiro atoms. The van der Waals surface area contributed by atoms with Gasteiger partial charge in [0.15, 0.2) is 0 Å². The average molecular weight is 296 g/mol. The summed E-state index contributed by atoms with van der Waals surface area (Å²) in [7, 11) is 4.12. The number of carbonyl (C=O) groups is 1. The molecule has 5 nitrogen and oxygen atoms in total. The van der Waals surface area contributed by atoms with Gasteiger partial charge in [-0.2, -0.15) is 0 Å². The lowest BCUT2D eigenvalue weighted by atomic mass is 10.0. The molecule has 0 radical (unpaired) electrons. The molecule has 1 aromatic heterocycles. The number of aryl methyl sites for hydroxylation is 2. The summed E-state index contributed by atoms with van der Waals surface area (Å²) in [4.78, 5) is 20.7. The van der Waals surface area contributed by atoms with Crippen LogP contribution in [0, 0.1) is 0 Å². The number of likely N-dealkylation sites (tertiary alicyclic amines) is 1. The van der Waals surface area contributed by atoms with E-state index in [1.807, 2.05) is 4.90 Å². The van der Waals surface area contributed by atoms with E-state index in [0.29, 0.717) is 25.4 Å². The van der Waals surface area contributed by atoms with Crippen LogP contribution in [0.3, 0.4) is 0 Å². The second kappa shape index (κ2) is 7.54. The van der Waals surface area contributed by atoms with Crippen molar-refractivity contribution in [3.8, 4) is 0 Å². The quantitative estimate of drug-likeness (QED) is 0.795. The van der Waals surface area contributed by atoms with Crippen molar-refractivity contribution >= 4 is 5.91 Å². The lowest BCUT2D eigenvalue weighted by molar-refractivity contribution is -0.133. The number of aromatic nitrogens is 2. The van der Waals surface area contributed by atoms with Crippen molar-refractivity contribution in [2.24, 2.45) is 0 Å². The SMILES string of the molecule is CN(C)[C@@H]1CCCN(C(=O)CCc2nccn2CCF)C1. The van der Waals surface area contributed by atoms with Crippen molar-refractivity contribution in [3.63, 3.8) is 0 Å². The highest BCUT2D eigenvalue weighted by atomic mass is 19.1. The fourth-order valence-electron chi connectivity index (χ4n) is 2.84. The van der Waals surface area contributed by atoms with Gasteiger partial charge in [0.25, 0.3) is 0 Å². The van der Waals surface area contributed by atoms with Crippen LogP contribution < -0.4 is 0 Å². The molecule has 2 heterocycles. The summed E-state index contributed by atoms with van der Waals surface area (Å²) in [5, 5.41) is 0. The van der Waals surface area contributed by atoms with Crippen LogP contribution in [0.4, 0.5) is 4.39 Å². The van der Waals surface area contributed by atoms with E-state index in [1.165, 1.54) is 0 Å². The lowest BCUT2D eigenvalue weighted by Gasteiger charge is -2.36. The third kappa shape index (κ3) is 4.27. The van der Waals surface area contributed by atoms with Crippen LogP contribution in [0.2, 0.25) is 0 Å². The Bertz CT molecular complexity index is 460. The Morgan fingerprint density at radius 3 is 3.05 bits per heavy atom. The summed E-state index contributed by atoms with van der Waals surface area (Å²) in [6.45, 7) is 1.57. The highest BCUT2D eigenvalue weighted by Crippen LogP contribution is 2.15. The maximum Gasteiger partial charge on any atom is 0.223 e. The minimum Gasteiger partial charge on any atom is -0.341 e. The van der Waals surface area contributed by atoms with Crippen LogP contribution in [0.25, 0.3) is 0 Å². The Labute approximate surface area is 125 Å². The molecule has 0 unspecified atom stereocenters. The molecule has 1 fully saturated rings. The zero-order valence-electron chi connectivity index (χ0n) is 13.0. The zero-order chi connectivity index (χ0) is 15.2. The molecule has 1 aromatic rings. The third-order valence-electron chi connectivity index (χ3n) is 4.17. The highest BCUT2D eigenvalue weighted by Gasteiger charge is 2.24. The van der Waals surface area contributed by atoms with E-state index in [4.69, 9.17) is 0 Å². The van der Waals surface area contributed by atoms with Crippen LogP contribution in [0.5, 0.6) is 0 Å². The van der Waals surface area contributed by atoms with Crippen LogP contribution in [0.15, 0.2) is 12.4 Å². The van der Waals surface area contributed by atoms with Gasteiger partial charge >= 0.3 is 0 Å². The molecule has 0 saturated carbocycles. The number of carbonyl (C=O) groups excluding carboxylic acids is 1. The van der Waals surface area contributed by atoms with E-state index in [2.05, 4.69) is 24.0 Å². The molecule has 6 heteroatoms. The monoisotopic (exact) mass is 296 g/mol. The van der Waals surface area contributed by atoms with E-state index >= 15 is 0 Å². The van der Waals surface area contributed by atoms with Gasteiger partial charge in [-0.1, -0.05) is 0 Å². The molecule has 21 heavy (non-hydrogen) atoms. The van der Waals surface area contributed by atoms with E-state index in [1.54, 1.807) is 17.0 Å². The molecule has 118 valence electrons. The number of hydrogen-bond donors (Lipinski definition) is 0. The molecular formula is C15H25FN4O. The standard InChI is InChI=1S/C15H25FN4O/c1-18(2)13-4-3-9-20(12-13)15(21)6-5-14-17-8-11-19(14)10-7-16/h8,11,13H,3-7,9-10,12H2,1-2H3/t13-/m1/s1. The van der Waals surface area contributed by atoms with Gasteiger partial charge in [0.2, 0.25) is 5.91 Å². The minimum atomic E-state index is -0.409. The Hall–Kier alpha value is -1.43. The second-order valence-electron chi connectivity index (χ2n) is 5.83. The predicted octanol–water partition coefficient (Wildman–Crippen LogP) is 1.34. The van der Waals surface area contributed by atoms with Crippen LogP contribution >= 0.6 is 0 Å². The maximum absolute atomic E-state index is 12.4. The van der Waals surface area contributed by atoms with Crippen LogP contribution in [-0.4, -0.2) is 65.2 Å². The fourth-order valence-corrected chi connectivity index (χ4v) is 2.84. The summed E-state index contributed by atoms with van der Waals surface area (Å²) in [6, 6.07) is 0.455. The molecule has 1 atom stereocenters. The van der Waals surface area contributed by atoms with Crippen molar-refractivity contribution in [1.82, 2.24) is 19.4 Å². The number of amides is 1. The number of likely N-dealkylation sites (N-methyl/N-ethyl adjacent to an activating group) is 1. The number of imidazole rings is 1. The van der Waals surface area contributed by atoms with Crippen molar-refractivity contribution < 1.29 is 9.18 Å². The molecule has 0 N–H and O–H groups in total. The van der Waals surface area contributed by atoms with Gasteiger partial charge in [-0.05, 0) is 26.9 Å². The summed E-state index contributed by atoms with van der Waals surface area (Å²) in [5.41, 5.74) is 0. The number of halogens is 1. The Morgan fingerprint density at radius 2 is 2.33 bits per heavy atom. The van der Waals surface area contributed by atoms with Crippen molar-refractivity contribution in [2.45, 2.75) is 38.3 Å². The molecule has 2 rings (SSSR count). The van der Waals surface area contributed by atoms with Gasteiger partial charge in [-0.3, -0.25) is 4.79 Å². The Balaban J connectivity index is 1.85. The molecular weight excluding hydrogens is 271 g/mol. The highest BCUT2D eigenvalue weighted by molar-refractivity contribution is 5.76. The van der Waals surface area contributed by atoms with Crippen LogP contribution in [-0.2, 0) is 17.8 Å². The lowest BCUT2D eigenvalue weighted by Crippen LogP contribution is -2.47. The number of piperidine rings is 1. The molecule has 1 aliphatic rings. The number of rotatable bonds is 6. The molecule has 0 aromatic carbocycles. The number of nitrogens with zero attached hydrogens (tertiary/aromatic N) is 4. The van der Waals surface area contributed by atoms with Crippen molar-refractivity contribution in [1.29, 1.82) is 0 Å². The van der Waals surface area contributed by atoms with E-state index in [9.17, 15) is 9.18 Å². The summed E-state index contributed by atoms with van der Waals surface area (Å²) in [5.74, 6) is 0.971. The zero-order valence-corrected chi connectivity index (χ0v) is 13.0. The molecule has 0 bridgehead atoms. The van der Waals surface area contributed by atoms with E-state index in [-0.39, 0.29) is 5.91 Å². The molecule has 0 aliphatic carbocycles.